The molecular weight excluding hydrogens is 296 g/mol. The summed E-state index contributed by atoms with van der Waals surface area (Å²) in [4.78, 5) is 7.67. The van der Waals surface area contributed by atoms with Crippen molar-refractivity contribution in [2.75, 3.05) is 5.33 Å². The van der Waals surface area contributed by atoms with Crippen molar-refractivity contribution in [1.29, 1.82) is 0 Å². The lowest BCUT2D eigenvalue weighted by Crippen LogP contribution is -1.86. The summed E-state index contributed by atoms with van der Waals surface area (Å²) in [6.07, 6.45) is 0.953. The number of fused-ring (bicyclic) bond motifs is 1. The summed E-state index contributed by atoms with van der Waals surface area (Å²) in [5.74, 6) is 1.05. The van der Waals surface area contributed by atoms with Crippen molar-refractivity contribution in [3.8, 4) is 0 Å². The summed E-state index contributed by atoms with van der Waals surface area (Å²) in [6, 6.07) is 8.07. The minimum absolute atomic E-state index is 0. The molecule has 2 rings (SSSR count). The molecule has 4 heteroatoms. The first kappa shape index (κ1) is 10.7. The number of aromatic amines is 1. The molecule has 0 aliphatic rings. The van der Waals surface area contributed by atoms with Crippen molar-refractivity contribution in [3.05, 3.63) is 30.1 Å². The molecule has 0 saturated carbocycles. The molecule has 0 saturated heterocycles. The Balaban J connectivity index is 0.000000845. The van der Waals surface area contributed by atoms with Crippen LogP contribution in [0.1, 0.15) is 5.82 Å². The Hall–Kier alpha value is -0.350. The number of hydrogen-bond donors (Lipinski definition) is 1. The van der Waals surface area contributed by atoms with Crippen molar-refractivity contribution in [2.45, 2.75) is 6.42 Å². The summed E-state index contributed by atoms with van der Waals surface area (Å²) in [7, 11) is 0. The average molecular weight is 306 g/mol. The van der Waals surface area contributed by atoms with Gasteiger partial charge in [-0.15, -0.1) is 17.0 Å². The van der Waals surface area contributed by atoms with Gasteiger partial charge in [0.1, 0.15) is 5.82 Å². The number of rotatable bonds is 2. The monoisotopic (exact) mass is 304 g/mol. The van der Waals surface area contributed by atoms with Gasteiger partial charge in [0.05, 0.1) is 11.0 Å². The van der Waals surface area contributed by atoms with Gasteiger partial charge in [-0.2, -0.15) is 0 Å². The number of imidazole rings is 1. The highest BCUT2D eigenvalue weighted by Crippen LogP contribution is 2.10. The van der Waals surface area contributed by atoms with Crippen molar-refractivity contribution < 1.29 is 0 Å². The molecule has 0 fully saturated rings. The molecule has 13 heavy (non-hydrogen) atoms. The maximum atomic E-state index is 4.42. The van der Waals surface area contributed by atoms with E-state index in [1.165, 1.54) is 0 Å². The number of nitrogens with zero attached hydrogens (tertiary/aromatic N) is 1. The first-order valence-electron chi connectivity index (χ1n) is 3.90. The van der Waals surface area contributed by atoms with Gasteiger partial charge in [-0.1, -0.05) is 28.1 Å². The van der Waals surface area contributed by atoms with Gasteiger partial charge >= 0.3 is 0 Å². The van der Waals surface area contributed by atoms with E-state index in [1.807, 2.05) is 24.3 Å². The first-order valence-corrected chi connectivity index (χ1v) is 5.02. The van der Waals surface area contributed by atoms with Crippen LogP contribution in [-0.4, -0.2) is 15.3 Å². The minimum Gasteiger partial charge on any atom is -0.342 e. The summed E-state index contributed by atoms with van der Waals surface area (Å²) in [6.45, 7) is 0. The molecule has 1 N–H and O–H groups in total. The van der Waals surface area contributed by atoms with Crippen LogP contribution in [0.3, 0.4) is 0 Å². The van der Waals surface area contributed by atoms with Crippen molar-refractivity contribution in [1.82, 2.24) is 9.97 Å². The maximum Gasteiger partial charge on any atom is 0.108 e. The molecule has 0 radical (unpaired) electrons. The van der Waals surface area contributed by atoms with Crippen LogP contribution in [0.5, 0.6) is 0 Å². The van der Waals surface area contributed by atoms with E-state index in [4.69, 9.17) is 0 Å². The van der Waals surface area contributed by atoms with E-state index in [0.717, 1.165) is 28.6 Å². The van der Waals surface area contributed by atoms with Gasteiger partial charge in [0, 0.05) is 11.8 Å². The quantitative estimate of drug-likeness (QED) is 0.849. The predicted molar refractivity (Wildman–Crippen MR) is 63.9 cm³/mol. The lowest BCUT2D eigenvalue weighted by Gasteiger charge is -1.85. The molecule has 0 atom stereocenters. The Kier molecular flexibility index (Phi) is 3.93. The van der Waals surface area contributed by atoms with Crippen LogP contribution in [0.2, 0.25) is 0 Å². The second-order valence-electron chi connectivity index (χ2n) is 2.64. The largest absolute Gasteiger partial charge is 0.342 e. The highest BCUT2D eigenvalue weighted by Gasteiger charge is 1.99. The van der Waals surface area contributed by atoms with Gasteiger partial charge < -0.3 is 4.98 Å². The predicted octanol–water partition coefficient (Wildman–Crippen LogP) is 3.08. The Bertz CT molecular complexity index is 351. The third kappa shape index (κ3) is 2.31. The van der Waals surface area contributed by atoms with Crippen LogP contribution in [0.15, 0.2) is 24.3 Å². The van der Waals surface area contributed by atoms with Gasteiger partial charge in [0.15, 0.2) is 0 Å². The fourth-order valence-electron chi connectivity index (χ4n) is 1.21. The lowest BCUT2D eigenvalue weighted by molar-refractivity contribution is 1.02. The van der Waals surface area contributed by atoms with Crippen LogP contribution >= 0.6 is 32.9 Å². The third-order valence-electron chi connectivity index (χ3n) is 1.77. The zero-order valence-corrected chi connectivity index (χ0v) is 10.3. The first-order chi connectivity index (χ1) is 5.90. The number of benzene rings is 1. The van der Waals surface area contributed by atoms with Crippen LogP contribution in [0.25, 0.3) is 11.0 Å². The molecule has 2 aromatic rings. The number of aromatic nitrogens is 2. The van der Waals surface area contributed by atoms with Crippen LogP contribution in [-0.2, 0) is 6.42 Å². The zero-order valence-electron chi connectivity index (χ0n) is 6.96. The number of aryl methyl sites for hydroxylation is 1. The normalized spacial score (nSPS) is 9.92. The molecule has 0 bridgehead atoms. The Labute approximate surface area is 95.7 Å². The lowest BCUT2D eigenvalue weighted by atomic mass is 10.3. The van der Waals surface area contributed by atoms with E-state index >= 15 is 0 Å². The molecule has 0 spiro atoms. The SMILES string of the molecule is Br.BrCCc1nc2ccccc2[nH]1. The number of H-pyrrole nitrogens is 1. The smallest absolute Gasteiger partial charge is 0.108 e. The molecule has 2 nitrogen and oxygen atoms in total. The molecule has 1 aromatic carbocycles. The van der Waals surface area contributed by atoms with Crippen molar-refractivity contribution >= 4 is 43.9 Å². The zero-order chi connectivity index (χ0) is 8.39. The number of halogens is 2. The average Bonchev–Trinajstić information content (AvgIpc) is 2.47. The summed E-state index contributed by atoms with van der Waals surface area (Å²) in [5, 5.41) is 0.951. The van der Waals surface area contributed by atoms with Crippen LogP contribution in [0.4, 0.5) is 0 Å². The molecule has 0 unspecified atom stereocenters. The van der Waals surface area contributed by atoms with E-state index in [-0.39, 0.29) is 17.0 Å². The fourth-order valence-corrected chi connectivity index (χ4v) is 1.59. The van der Waals surface area contributed by atoms with Crippen molar-refractivity contribution in [2.24, 2.45) is 0 Å². The number of hydrogen-bond acceptors (Lipinski definition) is 1. The van der Waals surface area contributed by atoms with E-state index in [1.54, 1.807) is 0 Å². The van der Waals surface area contributed by atoms with Gasteiger partial charge in [-0.25, -0.2) is 4.98 Å². The third-order valence-corrected chi connectivity index (χ3v) is 2.17. The van der Waals surface area contributed by atoms with Crippen molar-refractivity contribution in [3.63, 3.8) is 0 Å². The van der Waals surface area contributed by atoms with Gasteiger partial charge in [-0.05, 0) is 12.1 Å². The van der Waals surface area contributed by atoms with Gasteiger partial charge in [0.25, 0.3) is 0 Å². The Morgan fingerprint density at radius 1 is 1.31 bits per heavy atom. The highest BCUT2D eigenvalue weighted by molar-refractivity contribution is 9.09. The molecule has 1 aromatic heterocycles. The van der Waals surface area contributed by atoms with E-state index in [9.17, 15) is 0 Å². The number of nitrogens with one attached hydrogen (secondary N) is 1. The van der Waals surface area contributed by atoms with Crippen LogP contribution < -0.4 is 0 Å². The standard InChI is InChI=1S/C9H9BrN2.BrH/c10-6-5-9-11-7-3-1-2-4-8(7)12-9;/h1-4H,5-6H2,(H,11,12);1H. The second-order valence-corrected chi connectivity index (χ2v) is 3.43. The molecule has 70 valence electrons. The van der Waals surface area contributed by atoms with E-state index in [2.05, 4.69) is 25.9 Å². The molecule has 0 amide bonds. The summed E-state index contributed by atoms with van der Waals surface area (Å²) >= 11 is 3.38. The maximum absolute atomic E-state index is 4.42. The minimum atomic E-state index is 0. The van der Waals surface area contributed by atoms with Gasteiger partial charge in [-0.3, -0.25) is 0 Å². The fraction of sp³-hybridized carbons (Fsp3) is 0.222. The van der Waals surface area contributed by atoms with E-state index < -0.39 is 0 Å². The molecule has 0 aliphatic carbocycles. The second kappa shape index (κ2) is 4.77. The Morgan fingerprint density at radius 2 is 2.08 bits per heavy atom. The Morgan fingerprint density at radius 3 is 2.77 bits per heavy atom. The topological polar surface area (TPSA) is 28.7 Å². The summed E-state index contributed by atoms with van der Waals surface area (Å²) in [5.41, 5.74) is 2.17. The van der Waals surface area contributed by atoms with E-state index in [0.29, 0.717) is 0 Å². The molecule has 1 heterocycles. The van der Waals surface area contributed by atoms with Gasteiger partial charge in [0.2, 0.25) is 0 Å². The highest BCUT2D eigenvalue weighted by atomic mass is 79.9. The number of para-hydroxylation sites is 2. The molecular formula is C9H10Br2N2. The summed E-state index contributed by atoms with van der Waals surface area (Å²) < 4.78 is 0. The van der Waals surface area contributed by atoms with Crippen LogP contribution in [0, 0.1) is 0 Å². The number of alkyl halides is 1. The molecule has 0 aliphatic heterocycles.